The first-order valence-electron chi connectivity index (χ1n) is 5.13. The third-order valence-electron chi connectivity index (χ3n) is 3.18. The molecular weight excluding hydrogens is 160 g/mol. The number of carbonyl (C=O) groups is 1. The van der Waals surface area contributed by atoms with Gasteiger partial charge in [0.1, 0.15) is 0 Å². The lowest BCUT2D eigenvalue weighted by molar-refractivity contribution is -0.114. The lowest BCUT2D eigenvalue weighted by Gasteiger charge is -2.13. The average molecular weight is 176 g/mol. The summed E-state index contributed by atoms with van der Waals surface area (Å²) in [6.07, 6.45) is 7.18. The van der Waals surface area contributed by atoms with Crippen LogP contribution in [0.5, 0.6) is 0 Å². The van der Waals surface area contributed by atoms with Crippen LogP contribution in [0.1, 0.15) is 33.1 Å². The summed E-state index contributed by atoms with van der Waals surface area (Å²) < 4.78 is 0. The normalized spacial score (nSPS) is 33.5. The van der Waals surface area contributed by atoms with Gasteiger partial charge in [-0.1, -0.05) is 31.6 Å². The smallest absolute Gasteiger partial charge is 0.163 e. The van der Waals surface area contributed by atoms with Crippen LogP contribution >= 0.6 is 0 Å². The summed E-state index contributed by atoms with van der Waals surface area (Å²) in [4.78, 5) is 11.5. The number of Topliss-reactive ketones (excluding diaryl/α,β-unsaturated/α-hetero) is 1. The number of allylic oxidation sites excluding steroid dienone is 4. The molecule has 0 heterocycles. The van der Waals surface area contributed by atoms with Crippen molar-refractivity contribution in [3.8, 4) is 0 Å². The lowest BCUT2D eigenvalue weighted by atomic mass is 9.91. The van der Waals surface area contributed by atoms with Crippen molar-refractivity contribution in [2.75, 3.05) is 0 Å². The standard InChI is InChI=1S/C12H16O/c1-8-3-4-11-10(9(2)7-8)5-6-12(11)13/h3-4,8-9H,5-7H2,1-2H3. The van der Waals surface area contributed by atoms with Gasteiger partial charge in [-0.25, -0.2) is 0 Å². The molecule has 0 saturated carbocycles. The number of ketones is 1. The van der Waals surface area contributed by atoms with Gasteiger partial charge in [0.05, 0.1) is 0 Å². The summed E-state index contributed by atoms with van der Waals surface area (Å²) >= 11 is 0. The van der Waals surface area contributed by atoms with Crippen LogP contribution in [0, 0.1) is 11.8 Å². The molecule has 2 atom stereocenters. The second-order valence-electron chi connectivity index (χ2n) is 4.34. The van der Waals surface area contributed by atoms with Crippen LogP contribution in [-0.2, 0) is 4.79 Å². The zero-order valence-electron chi connectivity index (χ0n) is 8.34. The van der Waals surface area contributed by atoms with Crippen molar-refractivity contribution in [1.82, 2.24) is 0 Å². The zero-order valence-corrected chi connectivity index (χ0v) is 8.34. The van der Waals surface area contributed by atoms with Gasteiger partial charge in [-0.3, -0.25) is 4.79 Å². The number of carbonyl (C=O) groups excluding carboxylic acids is 1. The van der Waals surface area contributed by atoms with Gasteiger partial charge < -0.3 is 0 Å². The molecule has 70 valence electrons. The highest BCUT2D eigenvalue weighted by Gasteiger charge is 2.26. The Hall–Kier alpha value is -0.850. The fourth-order valence-electron chi connectivity index (χ4n) is 2.45. The van der Waals surface area contributed by atoms with Crippen LogP contribution in [0.2, 0.25) is 0 Å². The molecule has 2 aliphatic carbocycles. The molecule has 0 fully saturated rings. The summed E-state index contributed by atoms with van der Waals surface area (Å²) in [6.45, 7) is 4.47. The molecule has 0 aromatic heterocycles. The van der Waals surface area contributed by atoms with E-state index in [-0.39, 0.29) is 0 Å². The molecule has 0 spiro atoms. The van der Waals surface area contributed by atoms with Crippen molar-refractivity contribution < 1.29 is 4.79 Å². The zero-order chi connectivity index (χ0) is 9.42. The third-order valence-corrected chi connectivity index (χ3v) is 3.18. The number of rotatable bonds is 0. The molecule has 0 bridgehead atoms. The van der Waals surface area contributed by atoms with E-state index in [0.717, 1.165) is 18.4 Å². The number of hydrogen-bond donors (Lipinski definition) is 0. The molecule has 2 rings (SSSR count). The SMILES string of the molecule is CC1C=CC2=C(CCC2=O)C(C)C1. The van der Waals surface area contributed by atoms with Crippen LogP contribution in [-0.4, -0.2) is 5.78 Å². The Morgan fingerprint density at radius 3 is 2.85 bits per heavy atom. The van der Waals surface area contributed by atoms with Crippen LogP contribution in [0.25, 0.3) is 0 Å². The maximum Gasteiger partial charge on any atom is 0.163 e. The van der Waals surface area contributed by atoms with Gasteiger partial charge in [-0.15, -0.1) is 0 Å². The van der Waals surface area contributed by atoms with Crippen molar-refractivity contribution in [2.45, 2.75) is 33.1 Å². The molecule has 0 saturated heterocycles. The topological polar surface area (TPSA) is 17.1 Å². The Morgan fingerprint density at radius 1 is 1.31 bits per heavy atom. The van der Waals surface area contributed by atoms with E-state index in [1.165, 1.54) is 12.0 Å². The Balaban J connectivity index is 2.36. The lowest BCUT2D eigenvalue weighted by Crippen LogP contribution is -2.01. The highest BCUT2D eigenvalue weighted by Crippen LogP contribution is 2.35. The van der Waals surface area contributed by atoms with Crippen molar-refractivity contribution in [3.05, 3.63) is 23.3 Å². The maximum absolute atomic E-state index is 11.5. The maximum atomic E-state index is 11.5. The van der Waals surface area contributed by atoms with Gasteiger partial charge in [0.15, 0.2) is 5.78 Å². The van der Waals surface area contributed by atoms with E-state index < -0.39 is 0 Å². The van der Waals surface area contributed by atoms with Gasteiger partial charge in [-0.05, 0) is 24.7 Å². The molecule has 2 aliphatic rings. The molecule has 0 aliphatic heterocycles. The van der Waals surface area contributed by atoms with E-state index in [2.05, 4.69) is 26.0 Å². The molecule has 1 nitrogen and oxygen atoms in total. The monoisotopic (exact) mass is 176 g/mol. The Kier molecular flexibility index (Phi) is 2.10. The quantitative estimate of drug-likeness (QED) is 0.554. The van der Waals surface area contributed by atoms with Gasteiger partial charge in [0, 0.05) is 12.0 Å². The van der Waals surface area contributed by atoms with E-state index in [1.54, 1.807) is 0 Å². The molecule has 13 heavy (non-hydrogen) atoms. The highest BCUT2D eigenvalue weighted by atomic mass is 16.1. The van der Waals surface area contributed by atoms with Gasteiger partial charge in [0.25, 0.3) is 0 Å². The Labute approximate surface area is 79.5 Å². The fraction of sp³-hybridized carbons (Fsp3) is 0.583. The van der Waals surface area contributed by atoms with Crippen LogP contribution in [0.3, 0.4) is 0 Å². The van der Waals surface area contributed by atoms with E-state index in [0.29, 0.717) is 17.6 Å². The van der Waals surface area contributed by atoms with Crippen molar-refractivity contribution >= 4 is 5.78 Å². The second kappa shape index (κ2) is 3.13. The van der Waals surface area contributed by atoms with E-state index in [4.69, 9.17) is 0 Å². The molecule has 0 aromatic rings. The van der Waals surface area contributed by atoms with Crippen LogP contribution < -0.4 is 0 Å². The van der Waals surface area contributed by atoms with Crippen molar-refractivity contribution in [1.29, 1.82) is 0 Å². The molecular formula is C12H16O. The molecule has 0 amide bonds. The van der Waals surface area contributed by atoms with Crippen molar-refractivity contribution in [2.24, 2.45) is 11.8 Å². The Morgan fingerprint density at radius 2 is 2.08 bits per heavy atom. The van der Waals surface area contributed by atoms with E-state index >= 15 is 0 Å². The predicted octanol–water partition coefficient (Wildman–Crippen LogP) is 2.88. The highest BCUT2D eigenvalue weighted by molar-refractivity contribution is 6.01. The van der Waals surface area contributed by atoms with Gasteiger partial charge in [0.2, 0.25) is 0 Å². The van der Waals surface area contributed by atoms with Gasteiger partial charge in [-0.2, -0.15) is 0 Å². The third kappa shape index (κ3) is 1.48. The minimum Gasteiger partial charge on any atom is -0.294 e. The van der Waals surface area contributed by atoms with Crippen molar-refractivity contribution in [3.63, 3.8) is 0 Å². The molecule has 0 radical (unpaired) electrons. The van der Waals surface area contributed by atoms with E-state index in [1.807, 2.05) is 0 Å². The minimum atomic E-state index is 0.354. The minimum absolute atomic E-state index is 0.354. The summed E-state index contributed by atoms with van der Waals surface area (Å²) in [5.74, 6) is 1.58. The first kappa shape index (κ1) is 8.74. The molecule has 0 N–H and O–H groups in total. The van der Waals surface area contributed by atoms with Crippen LogP contribution in [0.4, 0.5) is 0 Å². The molecule has 0 aromatic carbocycles. The summed E-state index contributed by atoms with van der Waals surface area (Å²) in [7, 11) is 0. The first-order chi connectivity index (χ1) is 6.18. The van der Waals surface area contributed by atoms with Crippen LogP contribution in [0.15, 0.2) is 23.3 Å². The second-order valence-corrected chi connectivity index (χ2v) is 4.34. The summed E-state index contributed by atoms with van der Waals surface area (Å²) in [5.41, 5.74) is 2.43. The first-order valence-corrected chi connectivity index (χ1v) is 5.13. The summed E-state index contributed by atoms with van der Waals surface area (Å²) in [6, 6.07) is 0. The largest absolute Gasteiger partial charge is 0.294 e. The van der Waals surface area contributed by atoms with Gasteiger partial charge >= 0.3 is 0 Å². The molecule has 1 heteroatoms. The predicted molar refractivity (Wildman–Crippen MR) is 53.4 cm³/mol. The fourth-order valence-corrected chi connectivity index (χ4v) is 2.45. The number of hydrogen-bond acceptors (Lipinski definition) is 1. The summed E-state index contributed by atoms with van der Waals surface area (Å²) in [5, 5.41) is 0. The van der Waals surface area contributed by atoms with E-state index in [9.17, 15) is 4.79 Å². The Bertz CT molecular complexity index is 296. The molecule has 2 unspecified atom stereocenters. The average Bonchev–Trinajstić information content (AvgIpc) is 2.36.